The normalized spacial score (nSPS) is 11.7. The van der Waals surface area contributed by atoms with Gasteiger partial charge in [-0.15, -0.1) is 0 Å². The average Bonchev–Trinajstić information content (AvgIpc) is 3.20. The fourth-order valence-electron chi connectivity index (χ4n) is 3.15. The molecule has 0 saturated carbocycles. The van der Waals surface area contributed by atoms with Crippen LogP contribution in [-0.4, -0.2) is 41.6 Å². The quantitative estimate of drug-likeness (QED) is 0.253. The lowest BCUT2D eigenvalue weighted by molar-refractivity contribution is 0.104. The molecule has 1 aromatic carbocycles. The van der Waals surface area contributed by atoms with E-state index in [-0.39, 0.29) is 11.8 Å². The molecule has 160 valence electrons. The van der Waals surface area contributed by atoms with Gasteiger partial charge in [0.2, 0.25) is 0 Å². The van der Waals surface area contributed by atoms with E-state index in [1.807, 2.05) is 6.07 Å². The molecule has 8 heteroatoms. The molecule has 0 bridgehead atoms. The molecule has 0 radical (unpaired) electrons. The van der Waals surface area contributed by atoms with E-state index in [9.17, 15) is 9.59 Å². The lowest BCUT2D eigenvalue weighted by atomic mass is 10.0. The molecule has 0 unspecified atom stereocenters. The minimum absolute atomic E-state index is 0.178. The van der Waals surface area contributed by atoms with E-state index in [1.54, 1.807) is 49.9 Å². The Morgan fingerprint density at radius 2 is 2.10 bits per heavy atom. The summed E-state index contributed by atoms with van der Waals surface area (Å²) in [6.45, 7) is 2.66. The SMILES string of the molecule is CCCCNC(=O)Nc1cccc(C(=O)c2c[nH]c3ncc(C(C=NC)=CN)cc23)c1. The van der Waals surface area contributed by atoms with Gasteiger partial charge in [0.1, 0.15) is 5.65 Å². The summed E-state index contributed by atoms with van der Waals surface area (Å²) in [5.74, 6) is -0.178. The number of fused-ring (bicyclic) bond motifs is 1. The highest BCUT2D eigenvalue weighted by atomic mass is 16.2. The van der Waals surface area contributed by atoms with Gasteiger partial charge in [0.25, 0.3) is 0 Å². The van der Waals surface area contributed by atoms with Crippen molar-refractivity contribution in [1.82, 2.24) is 15.3 Å². The minimum Gasteiger partial charge on any atom is -0.404 e. The fraction of sp³-hybridized carbons (Fsp3) is 0.217. The third kappa shape index (κ3) is 5.16. The van der Waals surface area contributed by atoms with Gasteiger partial charge in [0, 0.05) is 71.7 Å². The van der Waals surface area contributed by atoms with Crippen molar-refractivity contribution in [1.29, 1.82) is 0 Å². The van der Waals surface area contributed by atoms with Crippen LogP contribution in [0.2, 0.25) is 0 Å². The standard InChI is InChI=1S/C23H26N6O2/c1-3-4-8-26-23(31)29-18-7-5-6-15(9-18)21(30)20-14-28-22-19(20)10-16(13-27-22)17(11-24)12-25-2/h5-7,9-14H,3-4,8,24H2,1-2H3,(H,27,28)(H2,26,29,31). The number of hydrogen-bond acceptors (Lipinski definition) is 5. The summed E-state index contributed by atoms with van der Waals surface area (Å²) in [6.07, 6.45) is 8.31. The van der Waals surface area contributed by atoms with Crippen LogP contribution in [-0.2, 0) is 0 Å². The number of ketones is 1. The highest BCUT2D eigenvalue weighted by Crippen LogP contribution is 2.24. The number of rotatable bonds is 8. The maximum absolute atomic E-state index is 13.2. The third-order valence-electron chi connectivity index (χ3n) is 4.76. The summed E-state index contributed by atoms with van der Waals surface area (Å²) >= 11 is 0. The average molecular weight is 419 g/mol. The summed E-state index contributed by atoms with van der Waals surface area (Å²) in [5, 5.41) is 6.24. The number of carbonyl (C=O) groups is 2. The maximum atomic E-state index is 13.2. The summed E-state index contributed by atoms with van der Waals surface area (Å²) < 4.78 is 0. The Morgan fingerprint density at radius 3 is 2.84 bits per heavy atom. The van der Waals surface area contributed by atoms with Crippen molar-refractivity contribution in [3.05, 3.63) is 65.6 Å². The molecule has 0 aliphatic rings. The summed E-state index contributed by atoms with van der Waals surface area (Å²) in [6, 6.07) is 8.42. The molecule has 0 aliphatic heterocycles. The highest BCUT2D eigenvalue weighted by Gasteiger charge is 2.16. The number of unbranched alkanes of at least 4 members (excludes halogenated alkanes) is 1. The van der Waals surface area contributed by atoms with Crippen LogP contribution in [0.25, 0.3) is 16.6 Å². The van der Waals surface area contributed by atoms with Crippen LogP contribution >= 0.6 is 0 Å². The third-order valence-corrected chi connectivity index (χ3v) is 4.76. The first-order chi connectivity index (χ1) is 15.1. The van der Waals surface area contributed by atoms with Gasteiger partial charge < -0.3 is 21.4 Å². The van der Waals surface area contributed by atoms with Crippen molar-refractivity contribution >= 4 is 40.3 Å². The number of hydrogen-bond donors (Lipinski definition) is 4. The lowest BCUT2D eigenvalue weighted by Crippen LogP contribution is -2.29. The molecule has 0 fully saturated rings. The Hall–Kier alpha value is -3.94. The number of amides is 2. The van der Waals surface area contributed by atoms with Crippen LogP contribution in [0.15, 0.2) is 53.9 Å². The van der Waals surface area contributed by atoms with E-state index < -0.39 is 0 Å². The first-order valence-corrected chi connectivity index (χ1v) is 10.1. The number of nitrogens with one attached hydrogen (secondary N) is 3. The van der Waals surface area contributed by atoms with Gasteiger partial charge in [0.15, 0.2) is 5.78 Å². The van der Waals surface area contributed by atoms with Crippen LogP contribution in [0.4, 0.5) is 10.5 Å². The van der Waals surface area contributed by atoms with E-state index in [0.29, 0.717) is 40.0 Å². The van der Waals surface area contributed by atoms with Gasteiger partial charge >= 0.3 is 6.03 Å². The van der Waals surface area contributed by atoms with Crippen molar-refractivity contribution in [3.8, 4) is 0 Å². The fourth-order valence-corrected chi connectivity index (χ4v) is 3.15. The summed E-state index contributed by atoms with van der Waals surface area (Å²) in [4.78, 5) is 36.6. The van der Waals surface area contributed by atoms with Crippen LogP contribution < -0.4 is 16.4 Å². The van der Waals surface area contributed by atoms with Gasteiger partial charge in [-0.2, -0.15) is 0 Å². The zero-order chi connectivity index (χ0) is 22.2. The second-order valence-electron chi connectivity index (χ2n) is 6.98. The number of benzene rings is 1. The predicted molar refractivity (Wildman–Crippen MR) is 124 cm³/mol. The molecule has 5 N–H and O–H groups in total. The number of nitrogens with two attached hydrogens (primary N) is 1. The number of pyridine rings is 1. The number of aliphatic imine (C=N–C) groups is 1. The number of aromatic nitrogens is 2. The number of aromatic amines is 1. The number of anilines is 1. The smallest absolute Gasteiger partial charge is 0.319 e. The van der Waals surface area contributed by atoms with Gasteiger partial charge in [-0.05, 0) is 24.6 Å². The topological polar surface area (TPSA) is 125 Å². The number of urea groups is 1. The largest absolute Gasteiger partial charge is 0.404 e. The molecule has 31 heavy (non-hydrogen) atoms. The van der Waals surface area contributed by atoms with E-state index in [2.05, 4.69) is 32.5 Å². The Balaban J connectivity index is 1.86. The molecular formula is C23H26N6O2. The highest BCUT2D eigenvalue weighted by molar-refractivity contribution is 6.17. The van der Waals surface area contributed by atoms with Gasteiger partial charge in [-0.1, -0.05) is 25.5 Å². The molecular weight excluding hydrogens is 392 g/mol. The first kappa shape index (κ1) is 21.8. The number of carbonyl (C=O) groups excluding carboxylic acids is 2. The second-order valence-corrected chi connectivity index (χ2v) is 6.98. The Labute approximate surface area is 180 Å². The molecule has 0 saturated heterocycles. The van der Waals surface area contributed by atoms with Crippen LogP contribution in [0.5, 0.6) is 0 Å². The Bertz CT molecular complexity index is 1150. The van der Waals surface area contributed by atoms with Crippen molar-refractivity contribution in [2.45, 2.75) is 19.8 Å². The molecule has 0 aliphatic carbocycles. The molecule has 2 heterocycles. The van der Waals surface area contributed by atoms with Crippen molar-refractivity contribution in [3.63, 3.8) is 0 Å². The molecule has 0 atom stereocenters. The monoisotopic (exact) mass is 418 g/mol. The molecule has 2 aromatic heterocycles. The number of nitrogens with zero attached hydrogens (tertiary/aromatic N) is 2. The zero-order valence-electron chi connectivity index (χ0n) is 17.6. The van der Waals surface area contributed by atoms with Crippen LogP contribution in [0.1, 0.15) is 41.3 Å². The van der Waals surface area contributed by atoms with Gasteiger partial charge in [0.05, 0.1) is 0 Å². The molecule has 3 aromatic rings. The van der Waals surface area contributed by atoms with E-state index in [4.69, 9.17) is 5.73 Å². The minimum atomic E-state index is -0.294. The molecule has 3 rings (SSSR count). The van der Waals surface area contributed by atoms with Gasteiger partial charge in [-0.25, -0.2) is 9.78 Å². The predicted octanol–water partition coefficient (Wildman–Crippen LogP) is 3.72. The van der Waals surface area contributed by atoms with Crippen LogP contribution in [0.3, 0.4) is 0 Å². The van der Waals surface area contributed by atoms with E-state index in [0.717, 1.165) is 18.4 Å². The van der Waals surface area contributed by atoms with E-state index >= 15 is 0 Å². The van der Waals surface area contributed by atoms with Crippen molar-refractivity contribution < 1.29 is 9.59 Å². The number of H-pyrrole nitrogens is 1. The van der Waals surface area contributed by atoms with E-state index in [1.165, 1.54) is 6.20 Å². The second kappa shape index (κ2) is 10.2. The molecule has 8 nitrogen and oxygen atoms in total. The summed E-state index contributed by atoms with van der Waals surface area (Å²) in [7, 11) is 1.66. The number of allylic oxidation sites excluding steroid dienone is 1. The zero-order valence-corrected chi connectivity index (χ0v) is 17.6. The first-order valence-electron chi connectivity index (χ1n) is 10.1. The molecule has 0 spiro atoms. The molecule has 2 amide bonds. The summed E-state index contributed by atoms with van der Waals surface area (Å²) in [5.41, 5.74) is 9.25. The Morgan fingerprint density at radius 1 is 1.26 bits per heavy atom. The van der Waals surface area contributed by atoms with Crippen molar-refractivity contribution in [2.75, 3.05) is 18.9 Å². The lowest BCUT2D eigenvalue weighted by Gasteiger charge is -2.08. The van der Waals surface area contributed by atoms with Gasteiger partial charge in [-0.3, -0.25) is 9.79 Å². The van der Waals surface area contributed by atoms with Crippen LogP contribution in [0, 0.1) is 0 Å². The van der Waals surface area contributed by atoms with Crippen molar-refractivity contribution in [2.24, 2.45) is 10.7 Å². The Kier molecular flexibility index (Phi) is 7.16. The maximum Gasteiger partial charge on any atom is 0.319 e.